The predicted molar refractivity (Wildman–Crippen MR) is 85.9 cm³/mol. The molecule has 0 aromatic heterocycles. The molecule has 2 heterocycles. The van der Waals surface area contributed by atoms with Gasteiger partial charge < -0.3 is 15.0 Å². The predicted octanol–water partition coefficient (Wildman–Crippen LogP) is 2.10. The number of carbonyl (C=O) groups excluding carboxylic acids is 1. The average molecular weight is 319 g/mol. The number of anilines is 1. The van der Waals surface area contributed by atoms with E-state index in [1.54, 1.807) is 12.1 Å². The van der Waals surface area contributed by atoms with Crippen LogP contribution < -0.4 is 10.2 Å². The Labute approximate surface area is 134 Å². The molecule has 0 aliphatic carbocycles. The smallest absolute Gasteiger partial charge is 0.293 e. The van der Waals surface area contributed by atoms with E-state index in [4.69, 9.17) is 4.74 Å². The van der Waals surface area contributed by atoms with E-state index in [1.807, 2.05) is 4.90 Å². The fraction of sp³-hybridized carbons (Fsp3) is 0.562. The number of rotatable bonds is 5. The van der Waals surface area contributed by atoms with Crippen molar-refractivity contribution >= 4 is 17.3 Å². The lowest BCUT2D eigenvalue weighted by molar-refractivity contribution is -0.384. The van der Waals surface area contributed by atoms with Gasteiger partial charge in [-0.3, -0.25) is 14.9 Å². The van der Waals surface area contributed by atoms with Crippen LogP contribution in [0.5, 0.6) is 0 Å². The SMILES string of the molecule is O=C(NC[C@@H]1CCCO1)c1ccc(N2CCCC2)c([N+](=O)[O-])c1. The minimum atomic E-state index is -0.412. The number of ether oxygens (including phenoxy) is 1. The number of nitrogens with one attached hydrogen (secondary N) is 1. The van der Waals surface area contributed by atoms with Gasteiger partial charge in [0.1, 0.15) is 5.69 Å². The fourth-order valence-electron chi connectivity index (χ4n) is 3.15. The highest BCUT2D eigenvalue weighted by Gasteiger charge is 2.24. The van der Waals surface area contributed by atoms with E-state index in [0.717, 1.165) is 45.4 Å². The summed E-state index contributed by atoms with van der Waals surface area (Å²) in [6.07, 6.45) is 4.09. The van der Waals surface area contributed by atoms with Crippen molar-refractivity contribution in [3.63, 3.8) is 0 Å². The molecule has 1 atom stereocenters. The Morgan fingerprint density at radius 2 is 2.13 bits per heavy atom. The normalized spacial score (nSPS) is 20.7. The highest BCUT2D eigenvalue weighted by Crippen LogP contribution is 2.31. The number of benzene rings is 1. The summed E-state index contributed by atoms with van der Waals surface area (Å²) in [6, 6.07) is 4.72. The summed E-state index contributed by atoms with van der Waals surface area (Å²) >= 11 is 0. The van der Waals surface area contributed by atoms with E-state index in [0.29, 0.717) is 17.8 Å². The molecule has 3 rings (SSSR count). The van der Waals surface area contributed by atoms with E-state index in [9.17, 15) is 14.9 Å². The van der Waals surface area contributed by atoms with Crippen LogP contribution in [-0.2, 0) is 4.74 Å². The van der Waals surface area contributed by atoms with Crippen LogP contribution >= 0.6 is 0 Å². The molecule has 1 aromatic rings. The Kier molecular flexibility index (Phi) is 4.76. The van der Waals surface area contributed by atoms with Gasteiger partial charge in [0, 0.05) is 37.9 Å². The van der Waals surface area contributed by atoms with Crippen LogP contribution in [0.15, 0.2) is 18.2 Å². The Morgan fingerprint density at radius 3 is 2.78 bits per heavy atom. The lowest BCUT2D eigenvalue weighted by Crippen LogP contribution is -2.31. The molecule has 0 spiro atoms. The fourth-order valence-corrected chi connectivity index (χ4v) is 3.15. The standard InChI is InChI=1S/C16H21N3O4/c20-16(17-11-13-4-3-9-23-13)12-5-6-14(15(10-12)19(21)22)18-7-1-2-8-18/h5-6,10,13H,1-4,7-9,11H2,(H,17,20)/t13-/m0/s1. The molecule has 2 aliphatic rings. The average Bonchev–Trinajstić information content (AvgIpc) is 3.25. The number of nitro benzene ring substituents is 1. The van der Waals surface area contributed by atoms with E-state index >= 15 is 0 Å². The van der Waals surface area contributed by atoms with Crippen LogP contribution in [0.4, 0.5) is 11.4 Å². The van der Waals surface area contributed by atoms with Crippen LogP contribution in [0.3, 0.4) is 0 Å². The molecule has 2 fully saturated rings. The maximum atomic E-state index is 12.2. The molecule has 1 aromatic carbocycles. The zero-order chi connectivity index (χ0) is 16.2. The molecule has 0 bridgehead atoms. The quantitative estimate of drug-likeness (QED) is 0.663. The highest BCUT2D eigenvalue weighted by atomic mass is 16.6. The molecule has 7 heteroatoms. The van der Waals surface area contributed by atoms with Gasteiger partial charge in [-0.15, -0.1) is 0 Å². The third kappa shape index (κ3) is 3.61. The van der Waals surface area contributed by atoms with Crippen LogP contribution in [0.1, 0.15) is 36.0 Å². The number of carbonyl (C=O) groups is 1. The Bertz CT molecular complexity index is 593. The number of nitrogens with zero attached hydrogens (tertiary/aromatic N) is 2. The third-order valence-corrected chi connectivity index (χ3v) is 4.40. The molecule has 0 saturated carbocycles. The van der Waals surface area contributed by atoms with E-state index in [-0.39, 0.29) is 17.7 Å². The van der Waals surface area contributed by atoms with Crippen LogP contribution in [0.2, 0.25) is 0 Å². The molecule has 0 radical (unpaired) electrons. The first-order valence-corrected chi connectivity index (χ1v) is 8.08. The second-order valence-corrected chi connectivity index (χ2v) is 6.00. The largest absolute Gasteiger partial charge is 0.376 e. The van der Waals surface area contributed by atoms with Crippen LogP contribution in [0, 0.1) is 10.1 Å². The van der Waals surface area contributed by atoms with Crippen molar-refractivity contribution in [1.29, 1.82) is 0 Å². The van der Waals surface area contributed by atoms with Gasteiger partial charge in [0.2, 0.25) is 0 Å². The summed E-state index contributed by atoms with van der Waals surface area (Å²) in [5, 5.41) is 14.1. The van der Waals surface area contributed by atoms with E-state index in [1.165, 1.54) is 6.07 Å². The van der Waals surface area contributed by atoms with Crippen molar-refractivity contribution in [2.24, 2.45) is 0 Å². The number of amides is 1. The molecule has 2 saturated heterocycles. The minimum absolute atomic E-state index is 0.00309. The zero-order valence-corrected chi connectivity index (χ0v) is 13.0. The maximum absolute atomic E-state index is 12.2. The summed E-state index contributed by atoms with van der Waals surface area (Å²) in [5.74, 6) is -0.295. The van der Waals surface area contributed by atoms with Crippen molar-refractivity contribution in [2.45, 2.75) is 31.8 Å². The summed E-state index contributed by atoms with van der Waals surface area (Å²) in [6.45, 7) is 2.83. The summed E-state index contributed by atoms with van der Waals surface area (Å²) in [5.41, 5.74) is 0.914. The Hall–Kier alpha value is -2.15. The van der Waals surface area contributed by atoms with E-state index in [2.05, 4.69) is 5.32 Å². The molecule has 1 N–H and O–H groups in total. The third-order valence-electron chi connectivity index (χ3n) is 4.40. The Balaban J connectivity index is 1.72. The van der Waals surface area contributed by atoms with Gasteiger partial charge in [-0.05, 0) is 37.8 Å². The summed E-state index contributed by atoms with van der Waals surface area (Å²) in [7, 11) is 0. The number of hydrogen-bond donors (Lipinski definition) is 1. The van der Waals surface area contributed by atoms with Crippen molar-refractivity contribution < 1.29 is 14.5 Å². The molecule has 0 unspecified atom stereocenters. The summed E-state index contributed by atoms with van der Waals surface area (Å²) in [4.78, 5) is 25.1. The lowest BCUT2D eigenvalue weighted by atomic mass is 10.1. The first-order chi connectivity index (χ1) is 11.1. The second kappa shape index (κ2) is 6.95. The molecular weight excluding hydrogens is 298 g/mol. The monoisotopic (exact) mass is 319 g/mol. The molecule has 23 heavy (non-hydrogen) atoms. The van der Waals surface area contributed by atoms with Crippen LogP contribution in [-0.4, -0.2) is 43.2 Å². The van der Waals surface area contributed by atoms with Crippen molar-refractivity contribution in [2.75, 3.05) is 31.1 Å². The van der Waals surface area contributed by atoms with Crippen LogP contribution in [0.25, 0.3) is 0 Å². The second-order valence-electron chi connectivity index (χ2n) is 6.00. The van der Waals surface area contributed by atoms with Gasteiger partial charge in [-0.1, -0.05) is 0 Å². The number of nitro groups is 1. The highest BCUT2D eigenvalue weighted by molar-refractivity contribution is 5.95. The van der Waals surface area contributed by atoms with Crippen molar-refractivity contribution in [3.8, 4) is 0 Å². The molecular formula is C16H21N3O4. The van der Waals surface area contributed by atoms with Gasteiger partial charge in [-0.2, -0.15) is 0 Å². The van der Waals surface area contributed by atoms with Crippen molar-refractivity contribution in [3.05, 3.63) is 33.9 Å². The van der Waals surface area contributed by atoms with Gasteiger partial charge in [0.15, 0.2) is 0 Å². The number of hydrogen-bond acceptors (Lipinski definition) is 5. The first-order valence-electron chi connectivity index (χ1n) is 8.08. The summed E-state index contributed by atoms with van der Waals surface area (Å²) < 4.78 is 5.46. The molecule has 7 nitrogen and oxygen atoms in total. The topological polar surface area (TPSA) is 84.7 Å². The Morgan fingerprint density at radius 1 is 1.35 bits per heavy atom. The van der Waals surface area contributed by atoms with Gasteiger partial charge in [0.05, 0.1) is 11.0 Å². The minimum Gasteiger partial charge on any atom is -0.376 e. The zero-order valence-electron chi connectivity index (χ0n) is 13.0. The molecule has 2 aliphatic heterocycles. The lowest BCUT2D eigenvalue weighted by Gasteiger charge is -2.18. The van der Waals surface area contributed by atoms with Gasteiger partial charge in [-0.25, -0.2) is 0 Å². The van der Waals surface area contributed by atoms with Gasteiger partial charge >= 0.3 is 0 Å². The van der Waals surface area contributed by atoms with Gasteiger partial charge in [0.25, 0.3) is 11.6 Å². The van der Waals surface area contributed by atoms with E-state index < -0.39 is 4.92 Å². The molecule has 124 valence electrons. The molecule has 1 amide bonds. The first kappa shape index (κ1) is 15.7. The van der Waals surface area contributed by atoms with Crippen molar-refractivity contribution in [1.82, 2.24) is 5.32 Å². The maximum Gasteiger partial charge on any atom is 0.293 e.